The molecule has 0 aliphatic carbocycles. The quantitative estimate of drug-likeness (QED) is 0.325. The normalized spacial score (nSPS) is 10.6. The molecule has 0 amide bonds. The second kappa shape index (κ2) is 9.47. The van der Waals surface area contributed by atoms with Gasteiger partial charge in [0.2, 0.25) is 0 Å². The third-order valence-electron chi connectivity index (χ3n) is 1.55. The summed E-state index contributed by atoms with van der Waals surface area (Å²) in [5.74, 6) is 0. The fourth-order valence-electron chi connectivity index (χ4n) is 0.950. The molecule has 0 heterocycles. The Labute approximate surface area is 124 Å². The van der Waals surface area contributed by atoms with Gasteiger partial charge in [0.1, 0.15) is 0 Å². The van der Waals surface area contributed by atoms with Crippen LogP contribution >= 0.6 is 0 Å². The van der Waals surface area contributed by atoms with Crippen LogP contribution < -0.4 is 29.6 Å². The zero-order chi connectivity index (χ0) is 12.6. The van der Waals surface area contributed by atoms with Gasteiger partial charge in [-0.3, -0.25) is 9.11 Å². The predicted molar refractivity (Wildman–Crippen MR) is 64.2 cm³/mol. The maximum atomic E-state index is 8.74. The summed E-state index contributed by atoms with van der Waals surface area (Å²) in [6.45, 7) is 7.40. The van der Waals surface area contributed by atoms with Crippen molar-refractivity contribution in [2.75, 3.05) is 0 Å². The predicted octanol–water partition coefficient (Wildman–Crippen LogP) is -0.559. The van der Waals surface area contributed by atoms with E-state index in [9.17, 15) is 0 Å². The van der Waals surface area contributed by atoms with Crippen LogP contribution in [-0.4, -0.2) is 17.5 Å². The van der Waals surface area contributed by atoms with E-state index in [1.807, 2.05) is 42.5 Å². The zero-order valence-electron chi connectivity index (χ0n) is 9.57. The molecular weight excluding hydrogens is 251 g/mol. The van der Waals surface area contributed by atoms with Crippen LogP contribution in [0, 0.1) is 6.92 Å². The van der Waals surface area contributed by atoms with Gasteiger partial charge in [0.05, 0.1) is 0 Å². The van der Waals surface area contributed by atoms with Crippen LogP contribution in [0.2, 0.25) is 0 Å². The van der Waals surface area contributed by atoms with Crippen LogP contribution in [0.5, 0.6) is 0 Å². The van der Waals surface area contributed by atoms with E-state index in [-0.39, 0.29) is 29.6 Å². The van der Waals surface area contributed by atoms with Crippen molar-refractivity contribution >= 4 is 16.0 Å². The van der Waals surface area contributed by atoms with E-state index in [1.54, 1.807) is 0 Å². The van der Waals surface area contributed by atoms with E-state index in [2.05, 4.69) is 13.5 Å². The van der Waals surface area contributed by atoms with E-state index in [4.69, 9.17) is 17.5 Å². The van der Waals surface area contributed by atoms with Gasteiger partial charge in [-0.1, -0.05) is 30.3 Å². The Morgan fingerprint density at radius 2 is 1.65 bits per heavy atom. The van der Waals surface area contributed by atoms with Gasteiger partial charge in [-0.2, -0.15) is 14.0 Å². The summed E-state index contributed by atoms with van der Waals surface area (Å²) in [7, 11) is -4.67. The number of allylic oxidation sites excluding steroid dienone is 3. The first-order valence-corrected chi connectivity index (χ1v) is 5.65. The summed E-state index contributed by atoms with van der Waals surface area (Å²) in [6, 6.07) is 10.1. The van der Waals surface area contributed by atoms with Crippen molar-refractivity contribution in [2.45, 2.75) is 0 Å². The van der Waals surface area contributed by atoms with Crippen molar-refractivity contribution in [3.63, 3.8) is 0 Å². The van der Waals surface area contributed by atoms with E-state index < -0.39 is 10.4 Å². The Kier molecular flexibility index (Phi) is 10.5. The van der Waals surface area contributed by atoms with Crippen molar-refractivity contribution in [3.8, 4) is 0 Å². The van der Waals surface area contributed by atoms with Crippen molar-refractivity contribution in [1.82, 2.24) is 0 Å². The molecule has 0 aliphatic rings. The Hall–Kier alpha value is -0.560. The number of rotatable bonds is 2. The third-order valence-corrected chi connectivity index (χ3v) is 1.55. The molecule has 0 saturated heterocycles. The van der Waals surface area contributed by atoms with E-state index in [1.165, 1.54) is 0 Å². The number of benzene rings is 1. The van der Waals surface area contributed by atoms with Crippen LogP contribution in [0.25, 0.3) is 5.57 Å². The SMILES string of the molecule is C=CC(=C[CH2-])c1ccccc1.O=S(=O)(O)O.[Na+]. The molecule has 17 heavy (non-hydrogen) atoms. The molecule has 1 rings (SSSR count). The smallest absolute Gasteiger partial charge is 0.264 e. The molecule has 4 nitrogen and oxygen atoms in total. The summed E-state index contributed by atoms with van der Waals surface area (Å²) >= 11 is 0. The van der Waals surface area contributed by atoms with E-state index in [0.717, 1.165) is 11.1 Å². The van der Waals surface area contributed by atoms with Gasteiger partial charge in [0.15, 0.2) is 0 Å². The minimum Gasteiger partial charge on any atom is -0.264 e. The largest absolute Gasteiger partial charge is 1.00 e. The minimum absolute atomic E-state index is 0. The Morgan fingerprint density at radius 1 is 1.24 bits per heavy atom. The molecule has 0 bridgehead atoms. The van der Waals surface area contributed by atoms with Gasteiger partial charge in [-0.25, -0.2) is 13.0 Å². The molecule has 2 N–H and O–H groups in total. The van der Waals surface area contributed by atoms with Crippen LogP contribution in [0.15, 0.2) is 49.1 Å². The molecule has 0 aromatic heterocycles. The molecule has 1 aromatic rings. The van der Waals surface area contributed by atoms with Crippen LogP contribution in [0.3, 0.4) is 0 Å². The second-order valence-corrected chi connectivity index (χ2v) is 3.57. The van der Waals surface area contributed by atoms with Gasteiger partial charge in [0, 0.05) is 0 Å². The molecular formula is C11H13NaO4S. The Morgan fingerprint density at radius 3 is 1.94 bits per heavy atom. The molecule has 0 fully saturated rings. The van der Waals surface area contributed by atoms with Crippen molar-refractivity contribution in [2.24, 2.45) is 0 Å². The number of hydrogen-bond acceptors (Lipinski definition) is 2. The van der Waals surface area contributed by atoms with Gasteiger partial charge in [-0.05, 0) is 0 Å². The maximum absolute atomic E-state index is 8.74. The van der Waals surface area contributed by atoms with Gasteiger partial charge in [-0.15, -0.1) is 18.2 Å². The fraction of sp³-hybridized carbons (Fsp3) is 0. The first kappa shape index (κ1) is 18.8. The molecule has 0 atom stereocenters. The summed E-state index contributed by atoms with van der Waals surface area (Å²) < 4.78 is 31.6. The van der Waals surface area contributed by atoms with Gasteiger partial charge < -0.3 is 0 Å². The summed E-state index contributed by atoms with van der Waals surface area (Å²) in [6.07, 6.45) is 3.62. The first-order chi connectivity index (χ1) is 7.38. The molecule has 88 valence electrons. The number of hydrogen-bond donors (Lipinski definition) is 2. The molecule has 0 aliphatic heterocycles. The molecule has 0 saturated carbocycles. The average molecular weight is 264 g/mol. The van der Waals surface area contributed by atoms with Crippen LogP contribution in [-0.2, 0) is 10.4 Å². The van der Waals surface area contributed by atoms with Crippen molar-refractivity contribution in [1.29, 1.82) is 0 Å². The molecule has 0 unspecified atom stereocenters. The zero-order valence-corrected chi connectivity index (χ0v) is 12.4. The standard InChI is InChI=1S/C11H11.Na.H2O4S/c1-3-10(4-2)11-8-6-5-7-9-11;;1-5(2,3)4/h3-9H,1-2H2;;(H2,1,2,3,4)/q-1;+1;. The van der Waals surface area contributed by atoms with Crippen LogP contribution in [0.4, 0.5) is 0 Å². The van der Waals surface area contributed by atoms with Crippen LogP contribution in [0.1, 0.15) is 5.56 Å². The topological polar surface area (TPSA) is 74.6 Å². The van der Waals surface area contributed by atoms with Gasteiger partial charge >= 0.3 is 40.0 Å². The minimum atomic E-state index is -4.67. The summed E-state index contributed by atoms with van der Waals surface area (Å²) in [5.41, 5.74) is 2.24. The monoisotopic (exact) mass is 264 g/mol. The molecule has 1 aromatic carbocycles. The van der Waals surface area contributed by atoms with Crippen molar-refractivity contribution in [3.05, 3.63) is 61.5 Å². The molecule has 6 heteroatoms. The molecule has 0 spiro atoms. The van der Waals surface area contributed by atoms with E-state index >= 15 is 0 Å². The average Bonchev–Trinajstić information content (AvgIpc) is 2.19. The van der Waals surface area contributed by atoms with E-state index in [0.29, 0.717) is 0 Å². The second-order valence-electron chi connectivity index (χ2n) is 2.68. The maximum Gasteiger partial charge on any atom is 1.00 e. The Balaban J connectivity index is 0. The Bertz CT molecular complexity index is 444. The van der Waals surface area contributed by atoms with Crippen molar-refractivity contribution < 1.29 is 47.1 Å². The first-order valence-electron chi connectivity index (χ1n) is 4.25. The fourth-order valence-corrected chi connectivity index (χ4v) is 0.950. The van der Waals surface area contributed by atoms with Gasteiger partial charge in [0.25, 0.3) is 0 Å². The molecule has 0 radical (unpaired) electrons. The summed E-state index contributed by atoms with van der Waals surface area (Å²) in [5, 5.41) is 0. The summed E-state index contributed by atoms with van der Waals surface area (Å²) in [4.78, 5) is 0. The third kappa shape index (κ3) is 11.7.